The monoisotopic (exact) mass is 504 g/mol. The SMILES string of the molecule is c1ccc(N(c2ccccc2)c2ccc(Oc3ccc(N(c4ccccc4)c4ccccc4)cc3)cc2)cc1. The fourth-order valence-electron chi connectivity index (χ4n) is 4.67. The molecule has 0 aliphatic rings. The van der Waals surface area contributed by atoms with E-state index in [1.165, 1.54) is 0 Å². The highest BCUT2D eigenvalue weighted by molar-refractivity contribution is 5.77. The molecule has 0 aliphatic carbocycles. The molecule has 0 saturated carbocycles. The van der Waals surface area contributed by atoms with Gasteiger partial charge in [-0.05, 0) is 97.1 Å². The first kappa shape index (κ1) is 24.1. The first-order chi connectivity index (χ1) is 19.3. The Morgan fingerprint density at radius 1 is 0.256 bits per heavy atom. The Hall–Kier alpha value is -5.28. The van der Waals surface area contributed by atoms with Gasteiger partial charge in [-0.1, -0.05) is 72.8 Å². The summed E-state index contributed by atoms with van der Waals surface area (Å²) in [6.07, 6.45) is 0. The minimum Gasteiger partial charge on any atom is -0.457 e. The van der Waals surface area contributed by atoms with Gasteiger partial charge in [0.1, 0.15) is 11.5 Å². The van der Waals surface area contributed by atoms with Gasteiger partial charge in [0.15, 0.2) is 0 Å². The Balaban J connectivity index is 1.24. The van der Waals surface area contributed by atoms with Crippen molar-refractivity contribution in [1.29, 1.82) is 0 Å². The Kier molecular flexibility index (Phi) is 7.04. The highest BCUT2D eigenvalue weighted by Gasteiger charge is 2.13. The molecule has 3 nitrogen and oxygen atoms in total. The van der Waals surface area contributed by atoms with E-state index in [0.717, 1.165) is 45.6 Å². The number of benzene rings is 6. The fourth-order valence-corrected chi connectivity index (χ4v) is 4.67. The molecule has 0 bridgehead atoms. The number of ether oxygens (including phenoxy) is 1. The van der Waals surface area contributed by atoms with Crippen molar-refractivity contribution in [3.63, 3.8) is 0 Å². The van der Waals surface area contributed by atoms with Crippen molar-refractivity contribution in [3.8, 4) is 11.5 Å². The van der Waals surface area contributed by atoms with Crippen LogP contribution < -0.4 is 14.5 Å². The summed E-state index contributed by atoms with van der Waals surface area (Å²) in [7, 11) is 0. The summed E-state index contributed by atoms with van der Waals surface area (Å²) >= 11 is 0. The topological polar surface area (TPSA) is 15.7 Å². The Morgan fingerprint density at radius 2 is 0.487 bits per heavy atom. The molecule has 0 spiro atoms. The second-order valence-corrected chi connectivity index (χ2v) is 9.10. The summed E-state index contributed by atoms with van der Waals surface area (Å²) in [6, 6.07) is 58.0. The molecule has 6 aromatic rings. The minimum atomic E-state index is 0.788. The van der Waals surface area contributed by atoms with Gasteiger partial charge < -0.3 is 14.5 Å². The van der Waals surface area contributed by atoms with Gasteiger partial charge in [-0.25, -0.2) is 0 Å². The molecule has 0 aromatic heterocycles. The van der Waals surface area contributed by atoms with E-state index < -0.39 is 0 Å². The Labute approximate surface area is 229 Å². The second kappa shape index (κ2) is 11.4. The molecule has 0 radical (unpaired) electrons. The van der Waals surface area contributed by atoms with E-state index in [2.05, 4.69) is 131 Å². The summed E-state index contributed by atoms with van der Waals surface area (Å²) in [5, 5.41) is 0. The van der Waals surface area contributed by atoms with E-state index in [-0.39, 0.29) is 0 Å². The Bertz CT molecular complexity index is 1380. The van der Waals surface area contributed by atoms with Crippen molar-refractivity contribution in [2.45, 2.75) is 0 Å². The molecule has 0 fully saturated rings. The molecule has 6 rings (SSSR count). The van der Waals surface area contributed by atoms with Crippen LogP contribution in [0.2, 0.25) is 0 Å². The van der Waals surface area contributed by atoms with Gasteiger partial charge in [0.25, 0.3) is 0 Å². The summed E-state index contributed by atoms with van der Waals surface area (Å²) in [5.41, 5.74) is 6.56. The first-order valence-electron chi connectivity index (χ1n) is 13.0. The summed E-state index contributed by atoms with van der Waals surface area (Å²) < 4.78 is 6.23. The molecule has 6 aromatic carbocycles. The zero-order valence-corrected chi connectivity index (χ0v) is 21.5. The lowest BCUT2D eigenvalue weighted by atomic mass is 10.2. The van der Waals surface area contributed by atoms with Crippen molar-refractivity contribution >= 4 is 34.1 Å². The maximum atomic E-state index is 6.23. The van der Waals surface area contributed by atoms with Crippen LogP contribution in [0.4, 0.5) is 34.1 Å². The number of para-hydroxylation sites is 4. The lowest BCUT2D eigenvalue weighted by Gasteiger charge is -2.26. The number of anilines is 6. The molecule has 0 atom stereocenters. The van der Waals surface area contributed by atoms with Crippen molar-refractivity contribution in [2.75, 3.05) is 9.80 Å². The van der Waals surface area contributed by atoms with Gasteiger partial charge >= 0.3 is 0 Å². The van der Waals surface area contributed by atoms with Crippen molar-refractivity contribution in [1.82, 2.24) is 0 Å². The van der Waals surface area contributed by atoms with Crippen LogP contribution >= 0.6 is 0 Å². The quantitative estimate of drug-likeness (QED) is 0.205. The average Bonchev–Trinajstić information content (AvgIpc) is 3.01. The molecule has 188 valence electrons. The molecular formula is C36H28N2O. The number of hydrogen-bond donors (Lipinski definition) is 0. The highest BCUT2D eigenvalue weighted by Crippen LogP contribution is 2.37. The van der Waals surface area contributed by atoms with Gasteiger partial charge in [-0.2, -0.15) is 0 Å². The van der Waals surface area contributed by atoms with E-state index in [1.54, 1.807) is 0 Å². The van der Waals surface area contributed by atoms with Crippen LogP contribution in [0.1, 0.15) is 0 Å². The highest BCUT2D eigenvalue weighted by atomic mass is 16.5. The lowest BCUT2D eigenvalue weighted by Crippen LogP contribution is -2.09. The zero-order valence-electron chi connectivity index (χ0n) is 21.5. The van der Waals surface area contributed by atoms with E-state index >= 15 is 0 Å². The predicted molar refractivity (Wildman–Crippen MR) is 162 cm³/mol. The Morgan fingerprint density at radius 3 is 0.744 bits per heavy atom. The van der Waals surface area contributed by atoms with Crippen LogP contribution in [0.3, 0.4) is 0 Å². The normalized spacial score (nSPS) is 10.6. The number of hydrogen-bond acceptors (Lipinski definition) is 3. The van der Waals surface area contributed by atoms with Gasteiger partial charge in [0.05, 0.1) is 0 Å². The predicted octanol–water partition coefficient (Wildman–Crippen LogP) is 10.4. The summed E-state index contributed by atoms with van der Waals surface area (Å²) in [6.45, 7) is 0. The minimum absolute atomic E-state index is 0.788. The summed E-state index contributed by atoms with van der Waals surface area (Å²) in [5.74, 6) is 1.58. The molecule has 3 heteroatoms. The largest absolute Gasteiger partial charge is 0.457 e. The van der Waals surface area contributed by atoms with Crippen molar-refractivity contribution < 1.29 is 4.74 Å². The van der Waals surface area contributed by atoms with Gasteiger partial charge in [-0.15, -0.1) is 0 Å². The third-order valence-corrected chi connectivity index (χ3v) is 6.48. The van der Waals surface area contributed by atoms with E-state index in [0.29, 0.717) is 0 Å². The lowest BCUT2D eigenvalue weighted by molar-refractivity contribution is 0.483. The maximum Gasteiger partial charge on any atom is 0.127 e. The van der Waals surface area contributed by atoms with Crippen LogP contribution in [0.25, 0.3) is 0 Å². The molecule has 0 amide bonds. The third-order valence-electron chi connectivity index (χ3n) is 6.48. The van der Waals surface area contributed by atoms with E-state index in [9.17, 15) is 0 Å². The average molecular weight is 505 g/mol. The zero-order chi connectivity index (χ0) is 26.3. The van der Waals surface area contributed by atoms with E-state index in [1.807, 2.05) is 48.5 Å². The molecule has 0 unspecified atom stereocenters. The molecule has 0 saturated heterocycles. The molecule has 0 aliphatic heterocycles. The van der Waals surface area contributed by atoms with Crippen LogP contribution in [-0.4, -0.2) is 0 Å². The first-order valence-corrected chi connectivity index (χ1v) is 13.0. The molecule has 0 N–H and O–H groups in total. The van der Waals surface area contributed by atoms with Gasteiger partial charge in [0.2, 0.25) is 0 Å². The standard InChI is InChI=1S/C36H28N2O/c1-5-13-29(14-6-1)37(30-15-7-2-8-16-30)33-21-25-35(26-22-33)39-36-27-23-34(24-28-36)38(31-17-9-3-10-18-31)32-19-11-4-12-20-32/h1-28H. The number of nitrogens with zero attached hydrogens (tertiary/aromatic N) is 2. The number of rotatable bonds is 8. The maximum absolute atomic E-state index is 6.23. The van der Waals surface area contributed by atoms with Crippen molar-refractivity contribution in [2.24, 2.45) is 0 Å². The van der Waals surface area contributed by atoms with Crippen LogP contribution in [0.5, 0.6) is 11.5 Å². The van der Waals surface area contributed by atoms with Crippen LogP contribution in [-0.2, 0) is 0 Å². The molecular weight excluding hydrogens is 476 g/mol. The van der Waals surface area contributed by atoms with E-state index in [4.69, 9.17) is 4.74 Å². The van der Waals surface area contributed by atoms with Crippen LogP contribution in [0, 0.1) is 0 Å². The van der Waals surface area contributed by atoms with Gasteiger partial charge in [-0.3, -0.25) is 0 Å². The van der Waals surface area contributed by atoms with Crippen LogP contribution in [0.15, 0.2) is 170 Å². The molecule has 0 heterocycles. The summed E-state index contributed by atoms with van der Waals surface area (Å²) in [4.78, 5) is 4.47. The smallest absolute Gasteiger partial charge is 0.127 e. The van der Waals surface area contributed by atoms with Gasteiger partial charge in [0, 0.05) is 34.1 Å². The third kappa shape index (κ3) is 5.53. The fraction of sp³-hybridized carbons (Fsp3) is 0. The molecule has 39 heavy (non-hydrogen) atoms. The van der Waals surface area contributed by atoms with Crippen molar-refractivity contribution in [3.05, 3.63) is 170 Å². The second-order valence-electron chi connectivity index (χ2n) is 9.10.